The summed E-state index contributed by atoms with van der Waals surface area (Å²) >= 11 is 1.91. The van der Waals surface area contributed by atoms with Gasteiger partial charge in [0.05, 0.1) is 0 Å². The normalized spacial score (nSPS) is 22.4. The van der Waals surface area contributed by atoms with Crippen LogP contribution < -0.4 is 0 Å². The van der Waals surface area contributed by atoms with Crippen molar-refractivity contribution in [2.75, 3.05) is 38.3 Å². The number of thioether (sulfide) groups is 1. The number of nitrogens with zero attached hydrogens (tertiary/aromatic N) is 1. The molecule has 1 atom stereocenters. The molecule has 0 aliphatic carbocycles. The Hall–Kier alpha value is -0.260. The van der Waals surface area contributed by atoms with Crippen LogP contribution in [0.1, 0.15) is 19.8 Å². The Labute approximate surface area is 101 Å². The van der Waals surface area contributed by atoms with E-state index in [0.717, 1.165) is 31.0 Å². The number of hydrogen-bond acceptors (Lipinski definition) is 4. The molecule has 94 valence electrons. The minimum Gasteiger partial charge on any atom is -0.480 e. The zero-order valence-corrected chi connectivity index (χ0v) is 10.9. The minimum absolute atomic E-state index is 0.493. The largest absolute Gasteiger partial charge is 0.480 e. The van der Waals surface area contributed by atoms with E-state index in [-0.39, 0.29) is 0 Å². The number of carboxylic acids is 1. The quantitative estimate of drug-likeness (QED) is 0.793. The van der Waals surface area contributed by atoms with Crippen LogP contribution in [0.4, 0.5) is 0 Å². The van der Waals surface area contributed by atoms with Crippen molar-refractivity contribution in [1.29, 1.82) is 0 Å². The third-order valence-electron chi connectivity index (χ3n) is 3.17. The molecule has 1 N–H and O–H groups in total. The molecule has 1 heterocycles. The van der Waals surface area contributed by atoms with E-state index in [9.17, 15) is 9.90 Å². The molecule has 1 aliphatic heterocycles. The Morgan fingerprint density at radius 1 is 1.50 bits per heavy atom. The van der Waals surface area contributed by atoms with Crippen molar-refractivity contribution >= 4 is 17.7 Å². The molecule has 16 heavy (non-hydrogen) atoms. The third kappa shape index (κ3) is 3.37. The molecule has 0 spiro atoms. The van der Waals surface area contributed by atoms with E-state index >= 15 is 0 Å². The van der Waals surface area contributed by atoms with Gasteiger partial charge in [0.25, 0.3) is 0 Å². The van der Waals surface area contributed by atoms with E-state index in [2.05, 4.69) is 4.90 Å². The fourth-order valence-electron chi connectivity index (χ4n) is 1.94. The molecule has 1 saturated heterocycles. The molecule has 1 aliphatic rings. The molecule has 0 bridgehead atoms. The van der Waals surface area contributed by atoms with Gasteiger partial charge in [0.1, 0.15) is 5.54 Å². The lowest BCUT2D eigenvalue weighted by Gasteiger charge is -2.37. The van der Waals surface area contributed by atoms with Gasteiger partial charge in [-0.05, 0) is 25.5 Å². The monoisotopic (exact) mass is 247 g/mol. The summed E-state index contributed by atoms with van der Waals surface area (Å²) in [7, 11) is 1.61. The van der Waals surface area contributed by atoms with Gasteiger partial charge in [-0.15, -0.1) is 0 Å². The zero-order chi connectivity index (χ0) is 12.0. The summed E-state index contributed by atoms with van der Waals surface area (Å²) in [6.45, 7) is 4.04. The van der Waals surface area contributed by atoms with Gasteiger partial charge >= 0.3 is 5.97 Å². The van der Waals surface area contributed by atoms with Crippen molar-refractivity contribution in [3.63, 3.8) is 0 Å². The van der Waals surface area contributed by atoms with E-state index < -0.39 is 11.5 Å². The Morgan fingerprint density at radius 3 is 2.88 bits per heavy atom. The summed E-state index contributed by atoms with van der Waals surface area (Å²) in [5, 5.41) is 9.40. The number of carboxylic acid groups (broad SMARTS) is 1. The smallest absolute Gasteiger partial charge is 0.323 e. The molecule has 0 aromatic rings. The van der Waals surface area contributed by atoms with Crippen LogP contribution in [0.15, 0.2) is 0 Å². The number of aliphatic carboxylic acids is 1. The van der Waals surface area contributed by atoms with Crippen LogP contribution in [-0.2, 0) is 9.53 Å². The van der Waals surface area contributed by atoms with Crippen molar-refractivity contribution in [2.45, 2.75) is 25.3 Å². The maximum Gasteiger partial charge on any atom is 0.323 e. The summed E-state index contributed by atoms with van der Waals surface area (Å²) in [5.74, 6) is 1.42. The van der Waals surface area contributed by atoms with Crippen LogP contribution in [0.3, 0.4) is 0 Å². The van der Waals surface area contributed by atoms with Gasteiger partial charge < -0.3 is 9.84 Å². The molecule has 1 rings (SSSR count). The number of ether oxygens (including phenoxy) is 1. The first-order valence-electron chi connectivity index (χ1n) is 5.66. The molecule has 0 aromatic carbocycles. The van der Waals surface area contributed by atoms with Crippen LogP contribution in [0, 0.1) is 0 Å². The van der Waals surface area contributed by atoms with Gasteiger partial charge in [0.15, 0.2) is 0 Å². The summed E-state index contributed by atoms with van der Waals surface area (Å²) in [5.41, 5.74) is -0.777. The predicted octanol–water partition coefficient (Wildman–Crippen LogP) is 1.31. The van der Waals surface area contributed by atoms with Crippen LogP contribution >= 0.6 is 11.8 Å². The van der Waals surface area contributed by atoms with Crippen LogP contribution in [0.5, 0.6) is 0 Å². The van der Waals surface area contributed by atoms with Crippen LogP contribution in [-0.4, -0.2) is 59.8 Å². The molecule has 0 amide bonds. The lowest BCUT2D eigenvalue weighted by Crippen LogP contribution is -2.53. The van der Waals surface area contributed by atoms with E-state index in [1.165, 1.54) is 0 Å². The van der Waals surface area contributed by atoms with Crippen molar-refractivity contribution in [3.8, 4) is 0 Å². The lowest BCUT2D eigenvalue weighted by atomic mass is 9.95. The molecule has 4 nitrogen and oxygen atoms in total. The highest BCUT2D eigenvalue weighted by molar-refractivity contribution is 7.99. The van der Waals surface area contributed by atoms with Crippen LogP contribution in [0.25, 0.3) is 0 Å². The molecular formula is C11H21NO3S. The van der Waals surface area contributed by atoms with Crippen molar-refractivity contribution in [3.05, 3.63) is 0 Å². The molecule has 0 saturated carbocycles. The average Bonchev–Trinajstić information content (AvgIpc) is 2.54. The standard InChI is InChI=1S/C11H21NO3S/c1-11(10(13)14,4-7-15-2)12-5-3-8-16-9-6-12/h3-9H2,1-2H3,(H,13,14). The highest BCUT2D eigenvalue weighted by Crippen LogP contribution is 2.23. The average molecular weight is 247 g/mol. The van der Waals surface area contributed by atoms with Gasteiger partial charge in [0, 0.05) is 32.6 Å². The zero-order valence-electron chi connectivity index (χ0n) is 10.1. The van der Waals surface area contributed by atoms with Gasteiger partial charge in [-0.3, -0.25) is 9.69 Å². The summed E-state index contributed by atoms with van der Waals surface area (Å²) in [4.78, 5) is 13.5. The summed E-state index contributed by atoms with van der Waals surface area (Å²) in [6, 6.07) is 0. The maximum atomic E-state index is 11.4. The van der Waals surface area contributed by atoms with Gasteiger partial charge in [-0.25, -0.2) is 0 Å². The van der Waals surface area contributed by atoms with E-state index in [0.29, 0.717) is 13.0 Å². The second-order valence-electron chi connectivity index (χ2n) is 4.27. The fourth-order valence-corrected chi connectivity index (χ4v) is 2.83. The Bertz CT molecular complexity index is 229. The first kappa shape index (κ1) is 13.8. The van der Waals surface area contributed by atoms with Gasteiger partial charge in [0.2, 0.25) is 0 Å². The lowest BCUT2D eigenvalue weighted by molar-refractivity contribution is -0.151. The molecule has 5 heteroatoms. The van der Waals surface area contributed by atoms with Crippen molar-refractivity contribution < 1.29 is 14.6 Å². The number of carbonyl (C=O) groups is 1. The second kappa shape index (κ2) is 6.47. The summed E-state index contributed by atoms with van der Waals surface area (Å²) < 4.78 is 5.01. The maximum absolute atomic E-state index is 11.4. The van der Waals surface area contributed by atoms with E-state index in [1.807, 2.05) is 18.7 Å². The number of methoxy groups -OCH3 is 1. The molecule has 1 fully saturated rings. The van der Waals surface area contributed by atoms with Gasteiger partial charge in [-0.1, -0.05) is 0 Å². The Morgan fingerprint density at radius 2 is 2.25 bits per heavy atom. The second-order valence-corrected chi connectivity index (χ2v) is 5.50. The molecule has 1 unspecified atom stereocenters. The molecule has 0 aromatic heterocycles. The molecular weight excluding hydrogens is 226 g/mol. The highest BCUT2D eigenvalue weighted by atomic mass is 32.2. The molecule has 0 radical (unpaired) electrons. The summed E-state index contributed by atoms with van der Waals surface area (Å²) in [6.07, 6.45) is 1.62. The van der Waals surface area contributed by atoms with Crippen LogP contribution in [0.2, 0.25) is 0 Å². The first-order chi connectivity index (χ1) is 7.61. The topological polar surface area (TPSA) is 49.8 Å². The third-order valence-corrected chi connectivity index (χ3v) is 4.22. The Kier molecular flexibility index (Phi) is 5.58. The SMILES string of the molecule is COCCC(C)(C(=O)O)N1CCCSCC1. The van der Waals surface area contributed by atoms with E-state index in [4.69, 9.17) is 4.74 Å². The fraction of sp³-hybridized carbons (Fsp3) is 0.909. The Balaban J connectivity index is 2.69. The highest BCUT2D eigenvalue weighted by Gasteiger charge is 2.39. The van der Waals surface area contributed by atoms with Crippen molar-refractivity contribution in [2.24, 2.45) is 0 Å². The number of rotatable bonds is 5. The first-order valence-corrected chi connectivity index (χ1v) is 6.82. The van der Waals surface area contributed by atoms with Crippen molar-refractivity contribution in [1.82, 2.24) is 4.90 Å². The minimum atomic E-state index is -0.777. The van der Waals surface area contributed by atoms with Gasteiger partial charge in [-0.2, -0.15) is 11.8 Å². The predicted molar refractivity (Wildman–Crippen MR) is 66.0 cm³/mol. The van der Waals surface area contributed by atoms with E-state index in [1.54, 1.807) is 7.11 Å². The number of hydrogen-bond donors (Lipinski definition) is 1.